The second kappa shape index (κ2) is 5.32. The molecule has 0 aromatic carbocycles. The molecular formula is C10H15BrN2O3S. The van der Waals surface area contributed by atoms with Crippen LogP contribution in [-0.4, -0.2) is 31.3 Å². The van der Waals surface area contributed by atoms with Gasteiger partial charge in [-0.15, -0.1) is 0 Å². The van der Waals surface area contributed by atoms with Crippen LogP contribution in [0.15, 0.2) is 26.4 Å². The van der Waals surface area contributed by atoms with Gasteiger partial charge in [0.1, 0.15) is 4.90 Å². The summed E-state index contributed by atoms with van der Waals surface area (Å²) in [6.45, 7) is 4.20. The number of nitrogens with one attached hydrogen (secondary N) is 1. The van der Waals surface area contributed by atoms with Crippen molar-refractivity contribution in [2.45, 2.75) is 18.7 Å². The summed E-state index contributed by atoms with van der Waals surface area (Å²) in [5, 5.41) is 0. The van der Waals surface area contributed by atoms with Crippen molar-refractivity contribution in [2.75, 3.05) is 13.6 Å². The van der Waals surface area contributed by atoms with E-state index in [9.17, 15) is 13.2 Å². The zero-order valence-electron chi connectivity index (χ0n) is 9.90. The summed E-state index contributed by atoms with van der Waals surface area (Å²) in [6.07, 6.45) is 1.41. The van der Waals surface area contributed by atoms with Crippen molar-refractivity contribution < 1.29 is 8.42 Å². The highest BCUT2D eigenvalue weighted by Crippen LogP contribution is 2.15. The Morgan fingerprint density at radius 3 is 2.59 bits per heavy atom. The van der Waals surface area contributed by atoms with Crippen molar-refractivity contribution in [1.29, 1.82) is 0 Å². The lowest BCUT2D eigenvalue weighted by molar-refractivity contribution is 0.416. The molecule has 0 saturated carbocycles. The van der Waals surface area contributed by atoms with Gasteiger partial charge in [-0.05, 0) is 27.9 Å². The summed E-state index contributed by atoms with van der Waals surface area (Å²) in [7, 11) is -2.26. The average Bonchev–Trinajstić information content (AvgIpc) is 2.20. The van der Waals surface area contributed by atoms with Crippen molar-refractivity contribution in [3.8, 4) is 0 Å². The van der Waals surface area contributed by atoms with E-state index in [0.29, 0.717) is 11.0 Å². The highest BCUT2D eigenvalue weighted by atomic mass is 79.9. The number of hydrogen-bond acceptors (Lipinski definition) is 3. The molecular weight excluding hydrogens is 308 g/mol. The van der Waals surface area contributed by atoms with Gasteiger partial charge in [0.25, 0.3) is 5.56 Å². The SMILES string of the molecule is CC(C)CN(C)S(=O)(=O)c1cc(Br)c[nH]c1=O. The third-order valence-corrected chi connectivity index (χ3v) is 4.43. The fraction of sp³-hybridized carbons (Fsp3) is 0.500. The predicted octanol–water partition coefficient (Wildman–Crippen LogP) is 1.41. The number of rotatable bonds is 4. The predicted molar refractivity (Wildman–Crippen MR) is 69.4 cm³/mol. The Balaban J connectivity index is 3.22. The van der Waals surface area contributed by atoms with Gasteiger partial charge in [-0.25, -0.2) is 12.7 Å². The maximum absolute atomic E-state index is 12.1. The standard InChI is InChI=1S/C10H15BrN2O3S/c1-7(2)6-13(3)17(15,16)9-4-8(11)5-12-10(9)14/h4-5,7H,6H2,1-3H3,(H,12,14). The molecule has 0 spiro atoms. The average molecular weight is 323 g/mol. The fourth-order valence-electron chi connectivity index (χ4n) is 1.41. The number of halogens is 1. The van der Waals surface area contributed by atoms with E-state index in [4.69, 9.17) is 0 Å². The first-order valence-electron chi connectivity index (χ1n) is 5.09. The largest absolute Gasteiger partial charge is 0.327 e. The number of nitrogens with zero attached hydrogens (tertiary/aromatic N) is 1. The van der Waals surface area contributed by atoms with E-state index in [2.05, 4.69) is 20.9 Å². The van der Waals surface area contributed by atoms with Crippen LogP contribution < -0.4 is 5.56 Å². The van der Waals surface area contributed by atoms with Crippen LogP contribution in [0.5, 0.6) is 0 Å². The highest BCUT2D eigenvalue weighted by molar-refractivity contribution is 9.10. The number of aromatic amines is 1. The Hall–Kier alpha value is -0.660. The summed E-state index contributed by atoms with van der Waals surface area (Å²) >= 11 is 3.14. The molecule has 96 valence electrons. The molecule has 0 bridgehead atoms. The molecule has 1 aromatic rings. The molecule has 0 fully saturated rings. The van der Waals surface area contributed by atoms with E-state index in [-0.39, 0.29) is 10.8 Å². The molecule has 0 aliphatic heterocycles. The molecule has 0 radical (unpaired) electrons. The molecule has 1 aromatic heterocycles. The van der Waals surface area contributed by atoms with Gasteiger partial charge in [-0.2, -0.15) is 0 Å². The minimum absolute atomic E-state index is 0.195. The lowest BCUT2D eigenvalue weighted by atomic mass is 10.2. The number of aromatic nitrogens is 1. The van der Waals surface area contributed by atoms with E-state index in [0.717, 1.165) is 0 Å². The molecule has 1 heterocycles. The molecule has 17 heavy (non-hydrogen) atoms. The van der Waals surface area contributed by atoms with Crippen LogP contribution in [0.2, 0.25) is 0 Å². The van der Waals surface area contributed by atoms with Gasteiger partial charge < -0.3 is 4.98 Å². The molecule has 7 heteroatoms. The molecule has 0 unspecified atom stereocenters. The second-order valence-electron chi connectivity index (χ2n) is 4.19. The Labute approximate surface area is 109 Å². The van der Waals surface area contributed by atoms with Gasteiger partial charge in [-0.1, -0.05) is 13.8 Å². The maximum atomic E-state index is 12.1. The third kappa shape index (κ3) is 3.40. The molecule has 0 aliphatic rings. The van der Waals surface area contributed by atoms with Gasteiger partial charge >= 0.3 is 0 Å². The molecule has 0 atom stereocenters. The van der Waals surface area contributed by atoms with Crippen molar-refractivity contribution in [2.24, 2.45) is 5.92 Å². The molecule has 0 amide bonds. The lowest BCUT2D eigenvalue weighted by Gasteiger charge is -2.18. The molecule has 1 rings (SSSR count). The van der Waals surface area contributed by atoms with Gasteiger partial charge in [0.05, 0.1) is 0 Å². The Morgan fingerprint density at radius 2 is 2.06 bits per heavy atom. The number of pyridine rings is 1. The van der Waals surface area contributed by atoms with Crippen molar-refractivity contribution >= 4 is 26.0 Å². The first-order valence-corrected chi connectivity index (χ1v) is 7.33. The maximum Gasteiger partial charge on any atom is 0.268 e. The van der Waals surface area contributed by atoms with Crippen LogP contribution in [0.1, 0.15) is 13.8 Å². The van der Waals surface area contributed by atoms with Crippen LogP contribution in [-0.2, 0) is 10.0 Å². The van der Waals surface area contributed by atoms with Gasteiger partial charge in [0.15, 0.2) is 0 Å². The molecule has 0 aliphatic carbocycles. The van der Waals surface area contributed by atoms with E-state index >= 15 is 0 Å². The van der Waals surface area contributed by atoms with Crippen molar-refractivity contribution in [3.05, 3.63) is 27.1 Å². The summed E-state index contributed by atoms with van der Waals surface area (Å²) in [6, 6.07) is 1.31. The summed E-state index contributed by atoms with van der Waals surface area (Å²) in [5.41, 5.74) is -0.608. The summed E-state index contributed by atoms with van der Waals surface area (Å²) < 4.78 is 26.0. The minimum atomic E-state index is -3.73. The highest BCUT2D eigenvalue weighted by Gasteiger charge is 2.24. The Kier molecular flexibility index (Phi) is 4.51. The lowest BCUT2D eigenvalue weighted by Crippen LogP contribution is -2.33. The normalized spacial score (nSPS) is 12.4. The minimum Gasteiger partial charge on any atom is -0.327 e. The summed E-state index contributed by atoms with van der Waals surface area (Å²) in [5.74, 6) is 0.195. The zero-order valence-corrected chi connectivity index (χ0v) is 12.3. The van der Waals surface area contributed by atoms with Crippen LogP contribution in [0.4, 0.5) is 0 Å². The first-order chi connectivity index (χ1) is 7.75. The third-order valence-electron chi connectivity index (χ3n) is 2.14. The number of sulfonamides is 1. The molecule has 0 saturated heterocycles. The van der Waals surface area contributed by atoms with Gasteiger partial charge in [0, 0.05) is 24.3 Å². The van der Waals surface area contributed by atoms with Gasteiger partial charge in [-0.3, -0.25) is 4.79 Å². The monoisotopic (exact) mass is 322 g/mol. The van der Waals surface area contributed by atoms with E-state index in [1.165, 1.54) is 23.6 Å². The van der Waals surface area contributed by atoms with E-state index in [1.54, 1.807) is 0 Å². The van der Waals surface area contributed by atoms with Crippen LogP contribution in [0.3, 0.4) is 0 Å². The number of hydrogen-bond donors (Lipinski definition) is 1. The Morgan fingerprint density at radius 1 is 1.47 bits per heavy atom. The van der Waals surface area contributed by atoms with Crippen LogP contribution >= 0.6 is 15.9 Å². The van der Waals surface area contributed by atoms with Crippen molar-refractivity contribution in [1.82, 2.24) is 9.29 Å². The van der Waals surface area contributed by atoms with E-state index in [1.807, 2.05) is 13.8 Å². The topological polar surface area (TPSA) is 70.2 Å². The fourth-order valence-corrected chi connectivity index (χ4v) is 3.30. The second-order valence-corrected chi connectivity index (χ2v) is 7.12. The smallest absolute Gasteiger partial charge is 0.268 e. The van der Waals surface area contributed by atoms with Crippen LogP contribution in [0.25, 0.3) is 0 Å². The Bertz CT molecular complexity index is 551. The first kappa shape index (κ1) is 14.4. The van der Waals surface area contributed by atoms with Crippen LogP contribution in [0, 0.1) is 5.92 Å². The molecule has 1 N–H and O–H groups in total. The summed E-state index contributed by atoms with van der Waals surface area (Å²) in [4.78, 5) is 13.7. The quantitative estimate of drug-likeness (QED) is 0.911. The number of H-pyrrole nitrogens is 1. The molecule has 5 nitrogen and oxygen atoms in total. The van der Waals surface area contributed by atoms with Crippen molar-refractivity contribution in [3.63, 3.8) is 0 Å². The van der Waals surface area contributed by atoms with E-state index < -0.39 is 15.6 Å². The van der Waals surface area contributed by atoms with Gasteiger partial charge in [0.2, 0.25) is 10.0 Å². The zero-order chi connectivity index (χ0) is 13.2.